The Balaban J connectivity index is 2.45. The van der Waals surface area contributed by atoms with E-state index in [1.807, 2.05) is 4.90 Å². The number of unbranched alkanes of at least 4 members (excludes halogenated alkanes) is 1. The molecule has 1 aliphatic rings. The molecule has 1 N–H and O–H groups in total. The number of amides is 1. The van der Waals surface area contributed by atoms with Gasteiger partial charge in [-0.05, 0) is 25.2 Å². The van der Waals surface area contributed by atoms with Crippen LogP contribution in [0.15, 0.2) is 0 Å². The minimum atomic E-state index is 0.00203. The number of carbonyl (C=O) groups excluding carboxylic acids is 1. The number of nitrogens with one attached hydrogen (secondary N) is 1. The van der Waals surface area contributed by atoms with Crippen molar-refractivity contribution < 1.29 is 9.53 Å². The standard InChI is InChI=1S/C16H32N2O2/c1-5-7-10-20-11-9-18-15(8-6-2)17-14(16(18)19)12-13(3)4/h13-15,17H,5-12H2,1-4H3. The molecule has 1 fully saturated rings. The maximum absolute atomic E-state index is 12.5. The molecule has 0 spiro atoms. The van der Waals surface area contributed by atoms with Crippen LogP contribution in [0.1, 0.15) is 59.8 Å². The lowest BCUT2D eigenvalue weighted by atomic mass is 10.0. The molecule has 0 aromatic rings. The van der Waals surface area contributed by atoms with Gasteiger partial charge < -0.3 is 9.64 Å². The third-order valence-electron chi connectivity index (χ3n) is 3.74. The smallest absolute Gasteiger partial charge is 0.241 e. The summed E-state index contributed by atoms with van der Waals surface area (Å²) in [5.41, 5.74) is 0. The summed E-state index contributed by atoms with van der Waals surface area (Å²) < 4.78 is 5.61. The number of hydrogen-bond acceptors (Lipinski definition) is 3. The van der Waals surface area contributed by atoms with Crippen LogP contribution < -0.4 is 5.32 Å². The van der Waals surface area contributed by atoms with Gasteiger partial charge in [-0.25, -0.2) is 0 Å². The van der Waals surface area contributed by atoms with Crippen molar-refractivity contribution in [3.05, 3.63) is 0 Å². The van der Waals surface area contributed by atoms with Gasteiger partial charge in [-0.3, -0.25) is 10.1 Å². The van der Waals surface area contributed by atoms with E-state index in [0.29, 0.717) is 12.5 Å². The molecule has 20 heavy (non-hydrogen) atoms. The Hall–Kier alpha value is -0.610. The zero-order valence-corrected chi connectivity index (χ0v) is 13.7. The van der Waals surface area contributed by atoms with Gasteiger partial charge in [-0.1, -0.05) is 40.5 Å². The lowest BCUT2D eigenvalue weighted by Crippen LogP contribution is -2.39. The van der Waals surface area contributed by atoms with Crippen molar-refractivity contribution in [2.75, 3.05) is 19.8 Å². The predicted molar refractivity (Wildman–Crippen MR) is 82.5 cm³/mol. The number of rotatable bonds is 10. The van der Waals surface area contributed by atoms with Gasteiger partial charge in [0.25, 0.3) is 0 Å². The zero-order chi connectivity index (χ0) is 15.0. The van der Waals surface area contributed by atoms with Crippen LogP contribution in [0.2, 0.25) is 0 Å². The summed E-state index contributed by atoms with van der Waals surface area (Å²) in [6, 6.07) is 0.00203. The molecule has 1 rings (SSSR count). The SMILES string of the molecule is CCCCOCCN1C(=O)C(CC(C)C)NC1CCC. The quantitative estimate of drug-likeness (QED) is 0.627. The van der Waals surface area contributed by atoms with Gasteiger partial charge >= 0.3 is 0 Å². The molecule has 0 radical (unpaired) electrons. The van der Waals surface area contributed by atoms with Crippen molar-refractivity contribution in [3.8, 4) is 0 Å². The van der Waals surface area contributed by atoms with Gasteiger partial charge in [0.05, 0.1) is 18.8 Å². The van der Waals surface area contributed by atoms with Crippen molar-refractivity contribution in [2.45, 2.75) is 72.0 Å². The average molecular weight is 284 g/mol. The van der Waals surface area contributed by atoms with E-state index in [9.17, 15) is 4.79 Å². The minimum absolute atomic E-state index is 0.00203. The highest BCUT2D eigenvalue weighted by Crippen LogP contribution is 2.19. The topological polar surface area (TPSA) is 41.6 Å². The Morgan fingerprint density at radius 1 is 1.25 bits per heavy atom. The number of ether oxygens (including phenoxy) is 1. The van der Waals surface area contributed by atoms with E-state index >= 15 is 0 Å². The molecule has 1 amide bonds. The molecule has 4 heteroatoms. The van der Waals surface area contributed by atoms with E-state index in [2.05, 4.69) is 33.0 Å². The molecular formula is C16H32N2O2. The van der Waals surface area contributed by atoms with E-state index in [1.165, 1.54) is 0 Å². The highest BCUT2D eigenvalue weighted by Gasteiger charge is 2.37. The second kappa shape index (κ2) is 9.35. The largest absolute Gasteiger partial charge is 0.380 e. The zero-order valence-electron chi connectivity index (χ0n) is 13.7. The molecule has 0 bridgehead atoms. The molecule has 0 aromatic carbocycles. The Morgan fingerprint density at radius 2 is 2.00 bits per heavy atom. The minimum Gasteiger partial charge on any atom is -0.380 e. The maximum Gasteiger partial charge on any atom is 0.241 e. The molecular weight excluding hydrogens is 252 g/mol. The van der Waals surface area contributed by atoms with Crippen LogP contribution in [0.4, 0.5) is 0 Å². The van der Waals surface area contributed by atoms with Gasteiger partial charge in [0.1, 0.15) is 0 Å². The lowest BCUT2D eigenvalue weighted by Gasteiger charge is -2.23. The molecule has 1 heterocycles. The predicted octanol–water partition coefficient (Wildman–Crippen LogP) is 2.78. The van der Waals surface area contributed by atoms with Gasteiger partial charge in [-0.15, -0.1) is 0 Å². The van der Waals surface area contributed by atoms with E-state index < -0.39 is 0 Å². The van der Waals surface area contributed by atoms with E-state index in [4.69, 9.17) is 4.74 Å². The molecule has 2 atom stereocenters. The fourth-order valence-corrected chi connectivity index (χ4v) is 2.68. The summed E-state index contributed by atoms with van der Waals surface area (Å²) in [6.07, 6.45) is 5.49. The molecule has 118 valence electrons. The number of hydrogen-bond donors (Lipinski definition) is 1. The Kier molecular flexibility index (Phi) is 8.15. The van der Waals surface area contributed by atoms with Crippen LogP contribution in [0.3, 0.4) is 0 Å². The summed E-state index contributed by atoms with van der Waals surface area (Å²) in [7, 11) is 0. The summed E-state index contributed by atoms with van der Waals surface area (Å²) >= 11 is 0. The average Bonchev–Trinajstić information content (AvgIpc) is 2.67. The van der Waals surface area contributed by atoms with Crippen molar-refractivity contribution >= 4 is 5.91 Å². The van der Waals surface area contributed by atoms with Gasteiger partial charge in [0, 0.05) is 13.2 Å². The second-order valence-corrected chi connectivity index (χ2v) is 6.15. The van der Waals surface area contributed by atoms with Crippen LogP contribution in [-0.2, 0) is 9.53 Å². The van der Waals surface area contributed by atoms with Gasteiger partial charge in [0.15, 0.2) is 0 Å². The van der Waals surface area contributed by atoms with Crippen LogP contribution in [-0.4, -0.2) is 42.8 Å². The molecule has 0 saturated carbocycles. The summed E-state index contributed by atoms with van der Waals surface area (Å²) in [6.45, 7) is 10.8. The van der Waals surface area contributed by atoms with Crippen molar-refractivity contribution in [1.82, 2.24) is 10.2 Å². The fraction of sp³-hybridized carbons (Fsp3) is 0.938. The first kappa shape index (κ1) is 17.4. The van der Waals surface area contributed by atoms with Gasteiger partial charge in [0.2, 0.25) is 5.91 Å². The van der Waals surface area contributed by atoms with E-state index in [-0.39, 0.29) is 18.1 Å². The van der Waals surface area contributed by atoms with Crippen molar-refractivity contribution in [3.63, 3.8) is 0 Å². The van der Waals surface area contributed by atoms with Crippen LogP contribution in [0.5, 0.6) is 0 Å². The number of carbonyl (C=O) groups is 1. The first-order chi connectivity index (χ1) is 9.60. The van der Waals surface area contributed by atoms with Crippen molar-refractivity contribution in [2.24, 2.45) is 5.92 Å². The summed E-state index contributed by atoms with van der Waals surface area (Å²) in [5, 5.41) is 3.50. The fourth-order valence-electron chi connectivity index (χ4n) is 2.68. The van der Waals surface area contributed by atoms with Gasteiger partial charge in [-0.2, -0.15) is 0 Å². The molecule has 1 saturated heterocycles. The van der Waals surface area contributed by atoms with E-state index in [0.717, 1.165) is 45.3 Å². The van der Waals surface area contributed by atoms with Crippen molar-refractivity contribution in [1.29, 1.82) is 0 Å². The monoisotopic (exact) mass is 284 g/mol. The van der Waals surface area contributed by atoms with Crippen LogP contribution in [0.25, 0.3) is 0 Å². The first-order valence-corrected chi connectivity index (χ1v) is 8.24. The van der Waals surface area contributed by atoms with Crippen LogP contribution >= 0.6 is 0 Å². The normalized spacial score (nSPS) is 23.1. The summed E-state index contributed by atoms with van der Waals surface area (Å²) in [4.78, 5) is 14.4. The Bertz CT molecular complexity index is 282. The third-order valence-corrected chi connectivity index (χ3v) is 3.74. The van der Waals surface area contributed by atoms with E-state index in [1.54, 1.807) is 0 Å². The molecule has 1 aliphatic heterocycles. The Morgan fingerprint density at radius 3 is 2.60 bits per heavy atom. The maximum atomic E-state index is 12.5. The second-order valence-electron chi connectivity index (χ2n) is 6.15. The third kappa shape index (κ3) is 5.41. The number of nitrogens with zero attached hydrogens (tertiary/aromatic N) is 1. The molecule has 0 aliphatic carbocycles. The molecule has 0 aromatic heterocycles. The lowest BCUT2D eigenvalue weighted by molar-refractivity contribution is -0.131. The summed E-state index contributed by atoms with van der Waals surface area (Å²) in [5.74, 6) is 0.802. The molecule has 4 nitrogen and oxygen atoms in total. The first-order valence-electron chi connectivity index (χ1n) is 8.24. The van der Waals surface area contributed by atoms with Crippen LogP contribution in [0, 0.1) is 5.92 Å². The highest BCUT2D eigenvalue weighted by atomic mass is 16.5. The Labute approximate surface area is 124 Å². The molecule has 2 unspecified atom stereocenters. The highest BCUT2D eigenvalue weighted by molar-refractivity contribution is 5.84.